The third-order valence-corrected chi connectivity index (χ3v) is 7.45. The first kappa shape index (κ1) is 26.2. The van der Waals surface area contributed by atoms with Crippen LogP contribution in [0.5, 0.6) is 0 Å². The monoisotopic (exact) mass is 513 g/mol. The molecule has 2 aliphatic heterocycles. The van der Waals surface area contributed by atoms with Crippen LogP contribution >= 0.6 is 36.4 Å². The number of benzene rings is 2. The average Bonchev–Trinajstić information content (AvgIpc) is 3.36. The van der Waals surface area contributed by atoms with Gasteiger partial charge >= 0.3 is 0 Å². The molecule has 5 rings (SSSR count). The molecule has 1 aliphatic carbocycles. The molecule has 0 saturated carbocycles. The highest BCUT2D eigenvalue weighted by Crippen LogP contribution is 2.47. The molecular weight excluding hydrogens is 484 g/mol. The van der Waals surface area contributed by atoms with Crippen LogP contribution in [0.2, 0.25) is 5.02 Å². The lowest BCUT2D eigenvalue weighted by Crippen LogP contribution is -2.49. The van der Waals surface area contributed by atoms with Gasteiger partial charge in [-0.2, -0.15) is 0 Å². The molecule has 2 aromatic rings. The number of fused-ring (bicyclic) bond motifs is 1. The molecule has 0 bridgehead atoms. The van der Waals surface area contributed by atoms with E-state index >= 15 is 0 Å². The van der Waals surface area contributed by atoms with Gasteiger partial charge in [0.1, 0.15) is 5.82 Å². The van der Waals surface area contributed by atoms with Gasteiger partial charge in [-0.15, -0.1) is 24.8 Å². The smallest absolute Gasteiger partial charge is 0.222 e. The van der Waals surface area contributed by atoms with Crippen LogP contribution in [0.4, 0.5) is 4.39 Å². The number of rotatable bonds is 5. The lowest BCUT2D eigenvalue weighted by molar-refractivity contribution is -0.127. The Kier molecular flexibility index (Phi) is 9.04. The zero-order chi connectivity index (χ0) is 21.4. The van der Waals surface area contributed by atoms with Crippen molar-refractivity contribution in [1.29, 1.82) is 0 Å². The van der Waals surface area contributed by atoms with Crippen LogP contribution in [0.1, 0.15) is 47.9 Å². The largest absolute Gasteiger partial charge is 0.341 e. The van der Waals surface area contributed by atoms with E-state index in [0.29, 0.717) is 18.4 Å². The lowest BCUT2D eigenvalue weighted by Gasteiger charge is -2.39. The van der Waals surface area contributed by atoms with Crippen molar-refractivity contribution in [2.75, 3.05) is 45.8 Å². The van der Waals surface area contributed by atoms with Gasteiger partial charge in [-0.1, -0.05) is 29.8 Å². The predicted octanol–water partition coefficient (Wildman–Crippen LogP) is 5.14. The van der Waals surface area contributed by atoms with Crippen LogP contribution in [-0.2, 0) is 4.79 Å². The van der Waals surface area contributed by atoms with Gasteiger partial charge in [0.25, 0.3) is 0 Å². The lowest BCUT2D eigenvalue weighted by atomic mass is 9.93. The topological polar surface area (TPSA) is 26.8 Å². The van der Waals surface area contributed by atoms with Gasteiger partial charge in [-0.05, 0) is 53.8 Å². The summed E-state index contributed by atoms with van der Waals surface area (Å²) in [7, 11) is 0. The molecule has 180 valence electrons. The van der Waals surface area contributed by atoms with Crippen molar-refractivity contribution in [3.05, 3.63) is 70.0 Å². The van der Waals surface area contributed by atoms with Crippen molar-refractivity contribution in [2.24, 2.45) is 0 Å². The number of amides is 1. The fraction of sp³-hybridized carbons (Fsp3) is 0.480. The van der Waals surface area contributed by atoms with E-state index in [9.17, 15) is 9.18 Å². The average molecular weight is 515 g/mol. The summed E-state index contributed by atoms with van der Waals surface area (Å²) in [5.74, 6) is 0.363. The summed E-state index contributed by atoms with van der Waals surface area (Å²) in [5, 5.41) is 0.757. The van der Waals surface area contributed by atoms with E-state index in [1.54, 1.807) is 12.1 Å². The number of likely N-dealkylation sites (tertiary alicyclic amines) is 1. The molecule has 8 heteroatoms. The molecule has 0 spiro atoms. The summed E-state index contributed by atoms with van der Waals surface area (Å²) < 4.78 is 13.5. The Morgan fingerprint density at radius 2 is 1.64 bits per heavy atom. The number of hydrogen-bond acceptors (Lipinski definition) is 3. The van der Waals surface area contributed by atoms with Crippen molar-refractivity contribution in [3.8, 4) is 0 Å². The summed E-state index contributed by atoms with van der Waals surface area (Å²) in [5.41, 5.74) is 3.79. The SMILES string of the molecule is Cl.Cl.O=C1CCCN1CCN1CCN(C2CC(c3ccc(F)cc3)c3cc(Cl)ccc32)CC1. The molecule has 0 N–H and O–H groups in total. The molecule has 33 heavy (non-hydrogen) atoms. The minimum absolute atomic E-state index is 0. The zero-order valence-corrected chi connectivity index (χ0v) is 21.0. The third kappa shape index (κ3) is 5.66. The van der Waals surface area contributed by atoms with Gasteiger partial charge in [0.05, 0.1) is 0 Å². The molecule has 4 nitrogen and oxygen atoms in total. The Bertz CT molecular complexity index is 950. The molecule has 0 aromatic heterocycles. The molecule has 1 amide bonds. The second-order valence-corrected chi connectivity index (χ2v) is 9.43. The molecular formula is C25H31Cl3FN3O. The van der Waals surface area contributed by atoms with Crippen LogP contribution < -0.4 is 0 Å². The molecule has 0 radical (unpaired) electrons. The number of nitrogens with zero attached hydrogens (tertiary/aromatic N) is 3. The van der Waals surface area contributed by atoms with Crippen molar-refractivity contribution in [3.63, 3.8) is 0 Å². The summed E-state index contributed by atoms with van der Waals surface area (Å²) >= 11 is 6.34. The molecule has 2 aromatic carbocycles. The molecule has 2 saturated heterocycles. The number of halogens is 4. The van der Waals surface area contributed by atoms with E-state index in [1.807, 2.05) is 23.1 Å². The minimum Gasteiger partial charge on any atom is -0.341 e. The highest BCUT2D eigenvalue weighted by molar-refractivity contribution is 6.30. The van der Waals surface area contributed by atoms with Gasteiger partial charge < -0.3 is 4.90 Å². The maximum absolute atomic E-state index is 13.5. The van der Waals surface area contributed by atoms with E-state index in [0.717, 1.165) is 69.2 Å². The fourth-order valence-corrected chi connectivity index (χ4v) is 5.67. The quantitative estimate of drug-likeness (QED) is 0.553. The van der Waals surface area contributed by atoms with E-state index < -0.39 is 0 Å². The van der Waals surface area contributed by atoms with E-state index in [4.69, 9.17) is 11.6 Å². The third-order valence-electron chi connectivity index (χ3n) is 7.22. The first-order chi connectivity index (χ1) is 15.1. The predicted molar refractivity (Wildman–Crippen MR) is 135 cm³/mol. The summed E-state index contributed by atoms with van der Waals surface area (Å²) in [4.78, 5) is 18.9. The maximum Gasteiger partial charge on any atom is 0.222 e. The van der Waals surface area contributed by atoms with Gasteiger partial charge in [0.2, 0.25) is 5.91 Å². The van der Waals surface area contributed by atoms with Gasteiger partial charge in [0, 0.05) is 69.2 Å². The van der Waals surface area contributed by atoms with Crippen molar-refractivity contribution < 1.29 is 9.18 Å². The molecule has 2 heterocycles. The van der Waals surface area contributed by atoms with Crippen LogP contribution in [-0.4, -0.2) is 66.4 Å². The Morgan fingerprint density at radius 1 is 0.909 bits per heavy atom. The first-order valence-electron chi connectivity index (χ1n) is 11.4. The van der Waals surface area contributed by atoms with Crippen molar-refractivity contribution in [2.45, 2.75) is 31.2 Å². The summed E-state index contributed by atoms with van der Waals surface area (Å²) in [6, 6.07) is 13.5. The van der Waals surface area contributed by atoms with E-state index in [1.165, 1.54) is 11.1 Å². The van der Waals surface area contributed by atoms with Crippen LogP contribution in [0.25, 0.3) is 0 Å². The van der Waals surface area contributed by atoms with E-state index in [2.05, 4.69) is 21.9 Å². The Morgan fingerprint density at radius 3 is 2.30 bits per heavy atom. The Balaban J connectivity index is 0.00000153. The second-order valence-electron chi connectivity index (χ2n) is 8.99. The number of piperazine rings is 1. The highest BCUT2D eigenvalue weighted by atomic mass is 35.5. The summed E-state index contributed by atoms with van der Waals surface area (Å²) in [6.07, 6.45) is 2.73. The number of carbonyl (C=O) groups is 1. The van der Waals surface area contributed by atoms with E-state index in [-0.39, 0.29) is 36.5 Å². The second kappa shape index (κ2) is 11.4. The van der Waals surface area contributed by atoms with Crippen LogP contribution in [0.3, 0.4) is 0 Å². The number of carbonyl (C=O) groups excluding carboxylic acids is 1. The van der Waals surface area contributed by atoms with Gasteiger partial charge in [-0.25, -0.2) is 4.39 Å². The van der Waals surface area contributed by atoms with Crippen LogP contribution in [0, 0.1) is 5.82 Å². The summed E-state index contributed by atoms with van der Waals surface area (Å²) in [6.45, 7) is 6.86. The number of hydrogen-bond donors (Lipinski definition) is 0. The van der Waals surface area contributed by atoms with Crippen molar-refractivity contribution in [1.82, 2.24) is 14.7 Å². The van der Waals surface area contributed by atoms with Gasteiger partial charge in [-0.3, -0.25) is 14.6 Å². The highest BCUT2D eigenvalue weighted by Gasteiger charge is 2.36. The standard InChI is InChI=1S/C25H29ClFN3O.2ClH/c26-19-5-8-21-23(16-19)22(18-3-6-20(27)7-4-18)17-24(21)29-13-10-28(11-14-29)12-15-30-9-1-2-25(30)31;;/h3-8,16,22,24H,1-2,9-15,17H2;2*1H. The fourth-order valence-electron chi connectivity index (χ4n) is 5.49. The normalized spacial score (nSPS) is 23.2. The van der Waals surface area contributed by atoms with Gasteiger partial charge in [0.15, 0.2) is 0 Å². The zero-order valence-electron chi connectivity index (χ0n) is 18.6. The van der Waals surface area contributed by atoms with Crippen molar-refractivity contribution >= 4 is 42.3 Å². The molecule has 3 aliphatic rings. The van der Waals surface area contributed by atoms with Crippen LogP contribution in [0.15, 0.2) is 42.5 Å². The maximum atomic E-state index is 13.5. The Labute approximate surface area is 212 Å². The first-order valence-corrected chi connectivity index (χ1v) is 11.8. The molecule has 2 unspecified atom stereocenters. The molecule has 2 fully saturated rings. The minimum atomic E-state index is -0.198. The Hall–Kier alpha value is -1.37. The molecule has 2 atom stereocenters.